The minimum Gasteiger partial charge on any atom is -0.422 e. The number of furan rings is 1. The number of H-pyrrole nitrogens is 1. The largest absolute Gasteiger partial charge is 0.573 e. The molecule has 1 N–H and O–H groups in total. The number of aromatic nitrogens is 2. The SMILES string of the molecule is Cc1[nH]c(-c2ccc(Oc3ccccc3OC(F)(F)F)o2)nc1-c1ccccc1. The van der Waals surface area contributed by atoms with Gasteiger partial charge in [-0.3, -0.25) is 0 Å². The fraction of sp³-hybridized carbons (Fsp3) is 0.0952. The minimum atomic E-state index is -4.83. The van der Waals surface area contributed by atoms with Gasteiger partial charge >= 0.3 is 6.36 Å². The van der Waals surface area contributed by atoms with Crippen LogP contribution in [0.3, 0.4) is 0 Å². The fourth-order valence-electron chi connectivity index (χ4n) is 2.81. The number of ether oxygens (including phenoxy) is 2. The van der Waals surface area contributed by atoms with Crippen molar-refractivity contribution in [2.75, 3.05) is 0 Å². The van der Waals surface area contributed by atoms with Crippen molar-refractivity contribution in [1.29, 1.82) is 0 Å². The molecule has 0 amide bonds. The second-order valence-electron chi connectivity index (χ2n) is 6.14. The molecule has 0 fully saturated rings. The molecule has 2 heterocycles. The van der Waals surface area contributed by atoms with E-state index in [2.05, 4.69) is 14.7 Å². The number of rotatable bonds is 5. The first kappa shape index (κ1) is 18.7. The molecule has 4 aromatic rings. The molecule has 0 aliphatic carbocycles. The van der Waals surface area contributed by atoms with Gasteiger partial charge < -0.3 is 18.9 Å². The van der Waals surface area contributed by atoms with Crippen molar-refractivity contribution in [3.05, 3.63) is 72.4 Å². The van der Waals surface area contributed by atoms with Crippen LogP contribution in [-0.4, -0.2) is 16.3 Å². The Labute approximate surface area is 163 Å². The average molecular weight is 400 g/mol. The van der Waals surface area contributed by atoms with Gasteiger partial charge in [-0.2, -0.15) is 0 Å². The molecule has 0 aliphatic heterocycles. The number of alkyl halides is 3. The molecule has 0 bridgehead atoms. The van der Waals surface area contributed by atoms with Gasteiger partial charge in [-0.25, -0.2) is 4.98 Å². The summed E-state index contributed by atoms with van der Waals surface area (Å²) >= 11 is 0. The topological polar surface area (TPSA) is 60.3 Å². The molecule has 148 valence electrons. The molecule has 0 saturated heterocycles. The van der Waals surface area contributed by atoms with Crippen LogP contribution in [0.4, 0.5) is 13.2 Å². The van der Waals surface area contributed by atoms with E-state index in [1.165, 1.54) is 24.3 Å². The zero-order chi connectivity index (χ0) is 20.4. The Kier molecular flexibility index (Phi) is 4.75. The maximum Gasteiger partial charge on any atom is 0.573 e. The summed E-state index contributed by atoms with van der Waals surface area (Å²) in [6.45, 7) is 1.89. The molecule has 0 radical (unpaired) electrons. The van der Waals surface area contributed by atoms with Gasteiger partial charge in [-0.1, -0.05) is 42.5 Å². The Bertz CT molecular complexity index is 1120. The Balaban J connectivity index is 1.58. The second-order valence-corrected chi connectivity index (χ2v) is 6.14. The molecular formula is C21H15F3N2O3. The molecule has 0 atom stereocenters. The number of aryl methyl sites for hydroxylation is 1. The number of benzene rings is 2. The molecular weight excluding hydrogens is 385 g/mol. The number of nitrogens with one attached hydrogen (secondary N) is 1. The minimum absolute atomic E-state index is 0.00791. The molecule has 8 heteroatoms. The average Bonchev–Trinajstić information content (AvgIpc) is 3.29. The lowest BCUT2D eigenvalue weighted by Gasteiger charge is -2.12. The molecule has 5 nitrogen and oxygen atoms in total. The standard InChI is InChI=1S/C21H15F3N2O3/c1-13-19(14-7-3-2-4-8-14)26-20(25-13)17-11-12-18(28-17)27-15-9-5-6-10-16(15)29-21(22,23)24/h2-12H,1H3,(H,25,26). The highest BCUT2D eigenvalue weighted by atomic mass is 19.4. The van der Waals surface area contributed by atoms with Gasteiger partial charge in [0.1, 0.15) is 0 Å². The van der Waals surface area contributed by atoms with Gasteiger partial charge in [0.25, 0.3) is 5.95 Å². The van der Waals surface area contributed by atoms with Gasteiger partial charge in [-0.15, -0.1) is 13.2 Å². The van der Waals surface area contributed by atoms with Crippen molar-refractivity contribution < 1.29 is 27.1 Å². The van der Waals surface area contributed by atoms with E-state index in [1.807, 2.05) is 37.3 Å². The third-order valence-electron chi connectivity index (χ3n) is 4.03. The highest BCUT2D eigenvalue weighted by Gasteiger charge is 2.32. The van der Waals surface area contributed by atoms with E-state index < -0.39 is 12.1 Å². The van der Waals surface area contributed by atoms with Crippen LogP contribution in [0.1, 0.15) is 5.69 Å². The molecule has 29 heavy (non-hydrogen) atoms. The van der Waals surface area contributed by atoms with Gasteiger partial charge in [-0.05, 0) is 25.1 Å². The predicted molar refractivity (Wildman–Crippen MR) is 99.7 cm³/mol. The normalized spacial score (nSPS) is 11.4. The van der Waals surface area contributed by atoms with Crippen LogP contribution in [0, 0.1) is 6.92 Å². The summed E-state index contributed by atoms with van der Waals surface area (Å²) in [5.74, 6) is 0.300. The summed E-state index contributed by atoms with van der Waals surface area (Å²) in [5, 5.41) is 0. The summed E-state index contributed by atoms with van der Waals surface area (Å²) in [7, 11) is 0. The lowest BCUT2D eigenvalue weighted by molar-refractivity contribution is -0.275. The number of aromatic amines is 1. The van der Waals surface area contributed by atoms with Crippen molar-refractivity contribution in [1.82, 2.24) is 9.97 Å². The smallest absolute Gasteiger partial charge is 0.422 e. The first-order valence-electron chi connectivity index (χ1n) is 8.64. The molecule has 0 saturated carbocycles. The van der Waals surface area contributed by atoms with Crippen molar-refractivity contribution in [2.24, 2.45) is 0 Å². The summed E-state index contributed by atoms with van der Waals surface area (Å²) < 4.78 is 52.7. The van der Waals surface area contributed by atoms with E-state index in [-0.39, 0.29) is 11.7 Å². The van der Waals surface area contributed by atoms with E-state index in [0.717, 1.165) is 23.0 Å². The van der Waals surface area contributed by atoms with Crippen LogP contribution in [-0.2, 0) is 0 Å². The predicted octanol–water partition coefficient (Wildman–Crippen LogP) is 6.34. The van der Waals surface area contributed by atoms with E-state index in [1.54, 1.807) is 6.07 Å². The molecule has 0 unspecified atom stereocenters. The quantitative estimate of drug-likeness (QED) is 0.425. The summed E-state index contributed by atoms with van der Waals surface area (Å²) in [4.78, 5) is 7.70. The third kappa shape index (κ3) is 4.26. The summed E-state index contributed by atoms with van der Waals surface area (Å²) in [6, 6.07) is 18.2. The summed E-state index contributed by atoms with van der Waals surface area (Å²) in [6.07, 6.45) is -4.83. The van der Waals surface area contributed by atoms with E-state index >= 15 is 0 Å². The Morgan fingerprint density at radius 1 is 0.897 bits per heavy atom. The first-order valence-corrected chi connectivity index (χ1v) is 8.64. The zero-order valence-corrected chi connectivity index (χ0v) is 15.2. The van der Waals surface area contributed by atoms with Gasteiger partial charge in [0.15, 0.2) is 23.1 Å². The Morgan fingerprint density at radius 3 is 2.31 bits per heavy atom. The molecule has 0 spiro atoms. The van der Waals surface area contributed by atoms with Crippen molar-refractivity contribution in [2.45, 2.75) is 13.3 Å². The molecule has 4 rings (SSSR count). The highest BCUT2D eigenvalue weighted by Crippen LogP contribution is 2.36. The summed E-state index contributed by atoms with van der Waals surface area (Å²) in [5.41, 5.74) is 2.59. The molecule has 2 aromatic carbocycles. The van der Waals surface area contributed by atoms with Crippen molar-refractivity contribution >= 4 is 0 Å². The van der Waals surface area contributed by atoms with Crippen LogP contribution in [0.5, 0.6) is 17.4 Å². The maximum atomic E-state index is 12.6. The first-order chi connectivity index (χ1) is 13.9. The van der Waals surface area contributed by atoms with E-state index in [4.69, 9.17) is 9.15 Å². The van der Waals surface area contributed by atoms with Crippen molar-refractivity contribution in [3.63, 3.8) is 0 Å². The van der Waals surface area contributed by atoms with Crippen LogP contribution < -0.4 is 9.47 Å². The Hall–Kier alpha value is -3.68. The van der Waals surface area contributed by atoms with Gasteiger partial charge in [0.05, 0.1) is 5.69 Å². The number of nitrogens with zero attached hydrogens (tertiary/aromatic N) is 1. The van der Waals surface area contributed by atoms with Crippen LogP contribution in [0.2, 0.25) is 0 Å². The lowest BCUT2D eigenvalue weighted by atomic mass is 10.1. The second kappa shape index (κ2) is 7.38. The highest BCUT2D eigenvalue weighted by molar-refractivity contribution is 5.65. The number of hydrogen-bond acceptors (Lipinski definition) is 4. The number of halogens is 3. The van der Waals surface area contributed by atoms with Crippen molar-refractivity contribution in [3.8, 4) is 40.3 Å². The van der Waals surface area contributed by atoms with Crippen LogP contribution in [0.15, 0.2) is 71.1 Å². The van der Waals surface area contributed by atoms with E-state index in [0.29, 0.717) is 11.6 Å². The van der Waals surface area contributed by atoms with Gasteiger partial charge in [0, 0.05) is 17.3 Å². The number of imidazole rings is 1. The lowest BCUT2D eigenvalue weighted by Crippen LogP contribution is -2.17. The van der Waals surface area contributed by atoms with Crippen LogP contribution in [0.25, 0.3) is 22.8 Å². The van der Waals surface area contributed by atoms with Crippen LogP contribution >= 0.6 is 0 Å². The molecule has 0 aliphatic rings. The monoisotopic (exact) mass is 400 g/mol. The zero-order valence-electron chi connectivity index (χ0n) is 15.2. The molecule has 2 aromatic heterocycles. The number of para-hydroxylation sites is 2. The Morgan fingerprint density at radius 2 is 1.59 bits per heavy atom. The van der Waals surface area contributed by atoms with Gasteiger partial charge in [0.2, 0.25) is 0 Å². The number of hydrogen-bond donors (Lipinski definition) is 1. The third-order valence-corrected chi connectivity index (χ3v) is 4.03. The maximum absolute atomic E-state index is 12.6. The fourth-order valence-corrected chi connectivity index (χ4v) is 2.81. The van der Waals surface area contributed by atoms with E-state index in [9.17, 15) is 13.2 Å².